The van der Waals surface area contributed by atoms with E-state index in [1.165, 1.54) is 0 Å². The Labute approximate surface area is 87.7 Å². The normalized spacial score (nSPS) is 16.7. The lowest BCUT2D eigenvalue weighted by atomic mass is 9.98. The molecular formula is C11H14F2N2. The third-order valence-electron chi connectivity index (χ3n) is 2.78. The Kier molecular flexibility index (Phi) is 2.86. The van der Waals surface area contributed by atoms with Crippen molar-refractivity contribution in [1.29, 1.82) is 0 Å². The van der Waals surface area contributed by atoms with Gasteiger partial charge in [0.2, 0.25) is 0 Å². The lowest BCUT2D eigenvalue weighted by molar-refractivity contribution is 0.0821. The van der Waals surface area contributed by atoms with Crippen LogP contribution in [-0.4, -0.2) is 24.4 Å². The van der Waals surface area contributed by atoms with Gasteiger partial charge in [-0.15, -0.1) is 0 Å². The average molecular weight is 212 g/mol. The van der Waals surface area contributed by atoms with Crippen molar-refractivity contribution in [2.24, 2.45) is 0 Å². The van der Waals surface area contributed by atoms with Gasteiger partial charge in [0.15, 0.2) is 0 Å². The van der Waals surface area contributed by atoms with Crippen LogP contribution < -0.4 is 5.73 Å². The number of nitrogens with zero attached hydrogens (tertiary/aromatic N) is 1. The quantitative estimate of drug-likeness (QED) is 0.758. The smallest absolute Gasteiger partial charge is 0.251 e. The molecule has 0 unspecified atom stereocenters. The minimum Gasteiger partial charge on any atom is -0.398 e. The second-order valence-corrected chi connectivity index (χ2v) is 3.86. The minimum atomic E-state index is -2.26. The molecule has 0 radical (unpaired) electrons. The van der Waals surface area contributed by atoms with Crippen molar-refractivity contribution >= 4 is 5.69 Å². The molecule has 0 spiro atoms. The maximum absolute atomic E-state index is 12.2. The van der Waals surface area contributed by atoms with Gasteiger partial charge in [0.05, 0.1) is 6.54 Å². The largest absolute Gasteiger partial charge is 0.398 e. The van der Waals surface area contributed by atoms with Crippen LogP contribution in [0.4, 0.5) is 14.5 Å². The molecule has 1 aliphatic rings. The highest BCUT2D eigenvalue weighted by molar-refractivity contribution is 5.51. The SMILES string of the molecule is Nc1cccc2c1CCN(CC(F)F)C2. The Morgan fingerprint density at radius 2 is 2.20 bits per heavy atom. The minimum absolute atomic E-state index is 0.145. The van der Waals surface area contributed by atoms with Crippen LogP contribution in [0.2, 0.25) is 0 Å². The van der Waals surface area contributed by atoms with E-state index in [1.54, 1.807) is 4.90 Å². The number of hydrogen-bond acceptors (Lipinski definition) is 2. The second-order valence-electron chi connectivity index (χ2n) is 3.86. The summed E-state index contributed by atoms with van der Waals surface area (Å²) >= 11 is 0. The third kappa shape index (κ3) is 2.26. The van der Waals surface area contributed by atoms with Crippen LogP contribution in [0.5, 0.6) is 0 Å². The van der Waals surface area contributed by atoms with E-state index in [0.717, 1.165) is 23.2 Å². The number of rotatable bonds is 2. The molecular weight excluding hydrogens is 198 g/mol. The summed E-state index contributed by atoms with van der Waals surface area (Å²) in [4.78, 5) is 1.77. The zero-order valence-corrected chi connectivity index (χ0v) is 8.42. The zero-order valence-electron chi connectivity index (χ0n) is 8.42. The lowest BCUT2D eigenvalue weighted by Gasteiger charge is -2.29. The monoisotopic (exact) mass is 212 g/mol. The molecule has 1 aromatic carbocycles. The number of hydrogen-bond donors (Lipinski definition) is 1. The fraction of sp³-hybridized carbons (Fsp3) is 0.455. The van der Waals surface area contributed by atoms with Crippen LogP contribution >= 0.6 is 0 Å². The molecule has 1 aliphatic heterocycles. The summed E-state index contributed by atoms with van der Waals surface area (Å²) in [6, 6.07) is 5.70. The summed E-state index contributed by atoms with van der Waals surface area (Å²) < 4.78 is 24.4. The predicted octanol–water partition coefficient (Wildman–Crippen LogP) is 1.89. The van der Waals surface area contributed by atoms with Crippen molar-refractivity contribution in [3.05, 3.63) is 29.3 Å². The van der Waals surface area contributed by atoms with E-state index in [-0.39, 0.29) is 6.54 Å². The molecule has 0 aliphatic carbocycles. The van der Waals surface area contributed by atoms with Gasteiger partial charge in [-0.25, -0.2) is 8.78 Å². The second kappa shape index (κ2) is 4.14. The van der Waals surface area contributed by atoms with E-state index >= 15 is 0 Å². The van der Waals surface area contributed by atoms with Gasteiger partial charge in [-0.3, -0.25) is 4.90 Å². The average Bonchev–Trinajstić information content (AvgIpc) is 2.17. The molecule has 2 N–H and O–H groups in total. The first-order valence-electron chi connectivity index (χ1n) is 5.03. The molecule has 2 nitrogen and oxygen atoms in total. The third-order valence-corrected chi connectivity index (χ3v) is 2.78. The molecule has 0 saturated heterocycles. The Morgan fingerprint density at radius 3 is 2.93 bits per heavy atom. The van der Waals surface area contributed by atoms with E-state index in [0.29, 0.717) is 13.1 Å². The number of anilines is 1. The molecule has 0 aromatic heterocycles. The van der Waals surface area contributed by atoms with Crippen molar-refractivity contribution in [2.45, 2.75) is 19.4 Å². The van der Waals surface area contributed by atoms with Crippen molar-refractivity contribution in [3.63, 3.8) is 0 Å². The highest BCUT2D eigenvalue weighted by Gasteiger charge is 2.19. The predicted molar refractivity (Wildman–Crippen MR) is 55.8 cm³/mol. The Hall–Kier alpha value is -1.16. The standard InChI is InChI=1S/C11H14F2N2/c12-11(13)7-15-5-4-9-8(6-15)2-1-3-10(9)14/h1-3,11H,4-7,14H2. The molecule has 82 valence electrons. The van der Waals surface area contributed by atoms with Gasteiger partial charge in [0.25, 0.3) is 6.43 Å². The molecule has 0 amide bonds. The molecule has 0 fully saturated rings. The van der Waals surface area contributed by atoms with E-state index in [2.05, 4.69) is 0 Å². The number of benzene rings is 1. The van der Waals surface area contributed by atoms with Gasteiger partial charge in [-0.2, -0.15) is 0 Å². The topological polar surface area (TPSA) is 29.3 Å². The first-order valence-corrected chi connectivity index (χ1v) is 5.03. The first kappa shape index (κ1) is 10.4. The summed E-state index contributed by atoms with van der Waals surface area (Å²) in [6.07, 6.45) is -1.48. The van der Waals surface area contributed by atoms with Gasteiger partial charge >= 0.3 is 0 Å². The van der Waals surface area contributed by atoms with Gasteiger partial charge in [-0.1, -0.05) is 12.1 Å². The van der Waals surface area contributed by atoms with Crippen molar-refractivity contribution in [3.8, 4) is 0 Å². The maximum Gasteiger partial charge on any atom is 0.251 e. The van der Waals surface area contributed by atoms with Gasteiger partial charge in [-0.05, 0) is 23.6 Å². The molecule has 4 heteroatoms. The fourth-order valence-electron chi connectivity index (χ4n) is 2.05. The highest BCUT2D eigenvalue weighted by atomic mass is 19.3. The van der Waals surface area contributed by atoms with Gasteiger partial charge in [0, 0.05) is 18.8 Å². The van der Waals surface area contributed by atoms with Crippen LogP contribution in [0, 0.1) is 0 Å². The lowest BCUT2D eigenvalue weighted by Crippen LogP contribution is -2.34. The molecule has 0 saturated carbocycles. The van der Waals surface area contributed by atoms with Crippen LogP contribution in [0.1, 0.15) is 11.1 Å². The number of fused-ring (bicyclic) bond motifs is 1. The Morgan fingerprint density at radius 1 is 1.40 bits per heavy atom. The van der Waals surface area contributed by atoms with E-state index in [1.807, 2.05) is 18.2 Å². The van der Waals surface area contributed by atoms with Crippen LogP contribution in [-0.2, 0) is 13.0 Å². The summed E-state index contributed by atoms with van der Waals surface area (Å²) in [5.74, 6) is 0. The molecule has 1 heterocycles. The van der Waals surface area contributed by atoms with Crippen molar-refractivity contribution in [1.82, 2.24) is 4.90 Å². The van der Waals surface area contributed by atoms with E-state index < -0.39 is 6.43 Å². The van der Waals surface area contributed by atoms with E-state index in [9.17, 15) is 8.78 Å². The van der Waals surface area contributed by atoms with Gasteiger partial charge < -0.3 is 5.73 Å². The Bertz CT molecular complexity index is 352. The van der Waals surface area contributed by atoms with Crippen molar-refractivity contribution in [2.75, 3.05) is 18.8 Å². The Balaban J connectivity index is 2.13. The zero-order chi connectivity index (χ0) is 10.8. The molecule has 0 atom stereocenters. The first-order chi connectivity index (χ1) is 7.16. The highest BCUT2D eigenvalue weighted by Crippen LogP contribution is 2.24. The number of halogens is 2. The van der Waals surface area contributed by atoms with E-state index in [4.69, 9.17) is 5.73 Å². The number of nitrogens with two attached hydrogens (primary N) is 1. The van der Waals surface area contributed by atoms with Crippen LogP contribution in [0.15, 0.2) is 18.2 Å². The fourth-order valence-corrected chi connectivity index (χ4v) is 2.05. The molecule has 2 rings (SSSR count). The van der Waals surface area contributed by atoms with Crippen LogP contribution in [0.25, 0.3) is 0 Å². The summed E-state index contributed by atoms with van der Waals surface area (Å²) in [5.41, 5.74) is 8.82. The molecule has 1 aromatic rings. The van der Waals surface area contributed by atoms with Crippen LogP contribution in [0.3, 0.4) is 0 Å². The van der Waals surface area contributed by atoms with Crippen molar-refractivity contribution < 1.29 is 8.78 Å². The van der Waals surface area contributed by atoms with Gasteiger partial charge in [0.1, 0.15) is 0 Å². The summed E-state index contributed by atoms with van der Waals surface area (Å²) in [5, 5.41) is 0. The molecule has 15 heavy (non-hydrogen) atoms. The maximum atomic E-state index is 12.2. The number of alkyl halides is 2. The molecule has 0 bridgehead atoms. The number of nitrogen functional groups attached to an aromatic ring is 1. The summed E-state index contributed by atoms with van der Waals surface area (Å²) in [6.45, 7) is 1.12. The summed E-state index contributed by atoms with van der Waals surface area (Å²) in [7, 11) is 0.